The van der Waals surface area contributed by atoms with E-state index in [2.05, 4.69) is 0 Å². The molecule has 1 aromatic carbocycles. The van der Waals surface area contributed by atoms with Crippen molar-refractivity contribution < 1.29 is 39.7 Å². The number of carbonyl (C=O) groups excluding carboxylic acids is 3. The Morgan fingerprint density at radius 2 is 1.85 bits per heavy atom. The molecule has 174 valence electrons. The maximum absolute atomic E-state index is 13.6. The summed E-state index contributed by atoms with van der Waals surface area (Å²) < 4.78 is 0. The molecule has 11 nitrogen and oxygen atoms in total. The van der Waals surface area contributed by atoms with Gasteiger partial charge in [-0.1, -0.05) is 0 Å². The fraction of sp³-hybridized carbons (Fsp3) is 0.409. The van der Waals surface area contributed by atoms with Gasteiger partial charge in [-0.3, -0.25) is 29.4 Å². The Balaban J connectivity index is 2.00. The quantitative estimate of drug-likeness (QED) is 0.290. The third kappa shape index (κ3) is 2.85. The van der Waals surface area contributed by atoms with E-state index < -0.39 is 68.6 Å². The molecule has 1 saturated carbocycles. The van der Waals surface area contributed by atoms with Crippen LogP contribution in [0.1, 0.15) is 24.5 Å². The monoisotopic (exact) mass is 458 g/mol. The second-order valence-electron chi connectivity index (χ2n) is 8.87. The van der Waals surface area contributed by atoms with Gasteiger partial charge in [-0.25, -0.2) is 0 Å². The van der Waals surface area contributed by atoms with Crippen molar-refractivity contribution in [2.75, 3.05) is 14.1 Å². The number of aromatic hydroxyl groups is 1. The Morgan fingerprint density at radius 3 is 2.39 bits per heavy atom. The molecule has 0 amide bonds. The number of hydrogen-bond donors (Lipinski definition) is 4. The van der Waals surface area contributed by atoms with Crippen molar-refractivity contribution in [3.05, 3.63) is 50.3 Å². The number of nitro benzene ring substituents is 1. The van der Waals surface area contributed by atoms with Crippen LogP contribution in [0.3, 0.4) is 0 Å². The fourth-order valence-electron chi connectivity index (χ4n) is 5.50. The highest BCUT2D eigenvalue weighted by Crippen LogP contribution is 2.53. The minimum absolute atomic E-state index is 0.0252. The molecule has 0 saturated heterocycles. The Bertz CT molecular complexity index is 1210. The number of phenolic OH excluding ortho intramolecular Hbond substituents is 1. The lowest BCUT2D eigenvalue weighted by Gasteiger charge is -2.50. The maximum atomic E-state index is 13.6. The molecule has 0 spiro atoms. The van der Waals surface area contributed by atoms with Crippen molar-refractivity contribution in [2.24, 2.45) is 11.8 Å². The first-order valence-corrected chi connectivity index (χ1v) is 10.2. The third-order valence-corrected chi connectivity index (χ3v) is 6.88. The van der Waals surface area contributed by atoms with Gasteiger partial charge in [-0.2, -0.15) is 0 Å². The smallest absolute Gasteiger partial charge is 0.273 e. The lowest BCUT2D eigenvalue weighted by atomic mass is 9.57. The fourth-order valence-corrected chi connectivity index (χ4v) is 5.50. The summed E-state index contributed by atoms with van der Waals surface area (Å²) in [6.07, 6.45) is -0.214. The Labute approximate surface area is 187 Å². The van der Waals surface area contributed by atoms with Gasteiger partial charge in [0.05, 0.1) is 16.5 Å². The van der Waals surface area contributed by atoms with Crippen molar-refractivity contribution in [1.29, 1.82) is 0 Å². The molecule has 0 bridgehead atoms. The summed E-state index contributed by atoms with van der Waals surface area (Å²) in [5.41, 5.74) is -4.30. The molecule has 11 heteroatoms. The van der Waals surface area contributed by atoms with Crippen LogP contribution in [-0.4, -0.2) is 73.3 Å². The van der Waals surface area contributed by atoms with E-state index in [9.17, 15) is 44.9 Å². The zero-order valence-corrected chi connectivity index (χ0v) is 18.0. The van der Waals surface area contributed by atoms with Crippen molar-refractivity contribution in [2.45, 2.75) is 31.4 Å². The van der Waals surface area contributed by atoms with Crippen LogP contribution < -0.4 is 0 Å². The van der Waals surface area contributed by atoms with E-state index in [0.717, 1.165) is 19.1 Å². The molecule has 4 atom stereocenters. The van der Waals surface area contributed by atoms with Crippen LogP contribution in [0, 0.1) is 22.0 Å². The van der Waals surface area contributed by atoms with Gasteiger partial charge < -0.3 is 20.4 Å². The van der Waals surface area contributed by atoms with E-state index in [0.29, 0.717) is 0 Å². The number of nitro groups is 1. The molecule has 3 aliphatic carbocycles. The molecule has 1 fully saturated rings. The summed E-state index contributed by atoms with van der Waals surface area (Å²) in [5.74, 6) is -7.01. The molecular weight excluding hydrogens is 436 g/mol. The lowest BCUT2D eigenvalue weighted by molar-refractivity contribution is -0.385. The minimum atomic E-state index is -2.67. The molecule has 4 N–H and O–H groups in total. The first-order chi connectivity index (χ1) is 15.3. The minimum Gasteiger partial charge on any atom is -0.508 e. The van der Waals surface area contributed by atoms with E-state index >= 15 is 0 Å². The first-order valence-electron chi connectivity index (χ1n) is 10.2. The summed E-state index contributed by atoms with van der Waals surface area (Å²) >= 11 is 0. The third-order valence-electron chi connectivity index (χ3n) is 6.88. The highest BCUT2D eigenvalue weighted by molar-refractivity contribution is 6.25. The summed E-state index contributed by atoms with van der Waals surface area (Å²) in [6.45, 7) is 1.03. The van der Waals surface area contributed by atoms with Gasteiger partial charge in [0.1, 0.15) is 22.8 Å². The Morgan fingerprint density at radius 1 is 1.21 bits per heavy atom. The molecule has 3 aliphatic rings. The number of benzene rings is 1. The van der Waals surface area contributed by atoms with Crippen LogP contribution in [0.2, 0.25) is 0 Å². The van der Waals surface area contributed by atoms with E-state index in [1.807, 2.05) is 0 Å². The summed E-state index contributed by atoms with van der Waals surface area (Å²) in [7, 11) is 3.05. The second-order valence-corrected chi connectivity index (χ2v) is 8.87. The van der Waals surface area contributed by atoms with Crippen LogP contribution in [0.5, 0.6) is 5.75 Å². The van der Waals surface area contributed by atoms with Crippen LogP contribution in [0.25, 0.3) is 5.76 Å². The number of ketones is 3. The zero-order valence-electron chi connectivity index (χ0n) is 18.0. The lowest BCUT2D eigenvalue weighted by Crippen LogP contribution is -2.65. The predicted octanol–water partition coefficient (Wildman–Crippen LogP) is 0.976. The summed E-state index contributed by atoms with van der Waals surface area (Å²) in [5, 5.41) is 55.0. The number of rotatable bonds is 3. The van der Waals surface area contributed by atoms with Gasteiger partial charge in [0.2, 0.25) is 5.78 Å². The zero-order chi connectivity index (χ0) is 24.6. The Kier molecular flexibility index (Phi) is 4.95. The van der Waals surface area contributed by atoms with E-state index in [4.69, 9.17) is 0 Å². The van der Waals surface area contributed by atoms with Crippen molar-refractivity contribution in [3.63, 3.8) is 0 Å². The molecule has 33 heavy (non-hydrogen) atoms. The van der Waals surface area contributed by atoms with E-state index in [1.54, 1.807) is 0 Å². The largest absolute Gasteiger partial charge is 0.508 e. The molecule has 0 aliphatic heterocycles. The highest BCUT2D eigenvalue weighted by Gasteiger charge is 2.64. The summed E-state index contributed by atoms with van der Waals surface area (Å²) in [6, 6.07) is 0.970. The number of Topliss-reactive ketones (excluding diaryl/α,β-unsaturated/α-hetero) is 3. The molecule has 4 rings (SSSR count). The van der Waals surface area contributed by atoms with Gasteiger partial charge in [0.25, 0.3) is 5.69 Å². The molecule has 0 radical (unpaired) electrons. The van der Waals surface area contributed by atoms with Crippen LogP contribution in [0.4, 0.5) is 5.69 Å². The van der Waals surface area contributed by atoms with Crippen molar-refractivity contribution >= 4 is 28.8 Å². The molecular formula is C22H22N2O9. The van der Waals surface area contributed by atoms with Gasteiger partial charge in [0.15, 0.2) is 17.2 Å². The van der Waals surface area contributed by atoms with E-state index in [1.165, 1.54) is 19.0 Å². The molecule has 1 aromatic rings. The van der Waals surface area contributed by atoms with Crippen molar-refractivity contribution in [3.8, 4) is 5.75 Å². The molecule has 0 aromatic heterocycles. The molecule has 0 heterocycles. The number of aliphatic hydroxyl groups is 3. The van der Waals surface area contributed by atoms with Crippen LogP contribution in [-0.2, 0) is 20.8 Å². The number of aliphatic hydroxyl groups excluding tert-OH is 2. The maximum Gasteiger partial charge on any atom is 0.273 e. The van der Waals surface area contributed by atoms with Crippen molar-refractivity contribution in [1.82, 2.24) is 4.90 Å². The molecule has 2 unspecified atom stereocenters. The van der Waals surface area contributed by atoms with Gasteiger partial charge in [-0.05, 0) is 45.8 Å². The van der Waals surface area contributed by atoms with Crippen LogP contribution in [0.15, 0.2) is 29.0 Å². The number of nitrogens with zero attached hydrogens (tertiary/aromatic N) is 2. The standard InChI is InChI=1S/C22H22N2O9/c1-8(25)14-19(28)17(23(2)3)11-7-9-6-10-12(24(32)33)4-5-13(26)16(10)18(27)15(9)21(30)22(11,31)20(14)29/h4-5,9,11,17,26-27,29,31H,6-7H2,1-3H3/t9?,11?,17-,22+/m0/s1. The average molecular weight is 458 g/mol. The predicted molar refractivity (Wildman–Crippen MR) is 112 cm³/mol. The number of hydrogen-bond acceptors (Lipinski definition) is 10. The second kappa shape index (κ2) is 7.22. The average Bonchev–Trinajstić information content (AvgIpc) is 2.70. The normalized spacial score (nSPS) is 29.1. The van der Waals surface area contributed by atoms with Gasteiger partial charge >= 0.3 is 0 Å². The SMILES string of the molecule is CC(=O)C1=C(O)[C@@]2(O)C(=O)C3=C(O)c4c(O)ccc([N+](=O)[O-])c4CC3CC2[C@H](N(C)C)C1=O. The number of phenols is 1. The number of carbonyl (C=O) groups is 3. The summed E-state index contributed by atoms with van der Waals surface area (Å²) in [4.78, 5) is 51.1. The number of fused-ring (bicyclic) bond motifs is 3. The van der Waals surface area contributed by atoms with Crippen LogP contribution >= 0.6 is 0 Å². The number of likely N-dealkylation sites (N-methyl/N-ethyl adjacent to an activating group) is 1. The highest BCUT2D eigenvalue weighted by atomic mass is 16.6. The topological polar surface area (TPSA) is 179 Å². The first kappa shape index (κ1) is 22.6. The van der Waals surface area contributed by atoms with Gasteiger partial charge in [-0.15, -0.1) is 0 Å². The van der Waals surface area contributed by atoms with Gasteiger partial charge in [0, 0.05) is 23.1 Å². The Hall–Kier alpha value is -3.57. The van der Waals surface area contributed by atoms with E-state index in [-0.39, 0.29) is 35.2 Å².